The Balaban J connectivity index is 1.70. The zero-order valence-corrected chi connectivity index (χ0v) is 12.5. The molecular formula is C18H21N2O+. The van der Waals surface area contributed by atoms with Crippen molar-refractivity contribution in [3.8, 4) is 0 Å². The van der Waals surface area contributed by atoms with Gasteiger partial charge in [0.05, 0.1) is 0 Å². The smallest absolute Gasteiger partial charge is 0.292 e. The summed E-state index contributed by atoms with van der Waals surface area (Å²) >= 11 is 0. The summed E-state index contributed by atoms with van der Waals surface area (Å²) in [7, 11) is 0. The van der Waals surface area contributed by atoms with Gasteiger partial charge >= 0.3 is 0 Å². The van der Waals surface area contributed by atoms with E-state index in [2.05, 4.69) is 25.1 Å². The standard InChI is InChI=1S/C18H21N2O/c1-2-5-15-8-11-19(12-9-15)14-18(21)20-13-10-16-6-3-4-7-17(16)20/h3-4,6-9,11-12H,2,5,10,13-14H2,1H3/q+1. The van der Waals surface area contributed by atoms with Gasteiger partial charge in [-0.2, -0.15) is 4.57 Å². The molecule has 21 heavy (non-hydrogen) atoms. The lowest BCUT2D eigenvalue weighted by molar-refractivity contribution is -0.684. The third-order valence-corrected chi connectivity index (χ3v) is 4.00. The molecular weight excluding hydrogens is 260 g/mol. The predicted octanol–water partition coefficient (Wildman–Crippen LogP) is 2.52. The molecule has 0 radical (unpaired) electrons. The third-order valence-electron chi connectivity index (χ3n) is 4.00. The van der Waals surface area contributed by atoms with Crippen LogP contribution < -0.4 is 9.47 Å². The monoisotopic (exact) mass is 281 g/mol. The van der Waals surface area contributed by atoms with Crippen LogP contribution in [0.1, 0.15) is 24.5 Å². The van der Waals surface area contributed by atoms with Gasteiger partial charge in [0.25, 0.3) is 5.91 Å². The van der Waals surface area contributed by atoms with Crippen LogP contribution in [0.5, 0.6) is 0 Å². The number of rotatable bonds is 4. The molecule has 2 aromatic rings. The maximum atomic E-state index is 12.5. The van der Waals surface area contributed by atoms with E-state index in [1.54, 1.807) is 0 Å². The number of anilines is 1. The Hall–Kier alpha value is -2.16. The van der Waals surface area contributed by atoms with E-state index in [1.807, 2.05) is 40.1 Å². The summed E-state index contributed by atoms with van der Waals surface area (Å²) in [5.74, 6) is 0.160. The number of benzene rings is 1. The first-order valence-corrected chi connectivity index (χ1v) is 7.64. The summed E-state index contributed by atoms with van der Waals surface area (Å²) in [6.07, 6.45) is 7.21. The highest BCUT2D eigenvalue weighted by atomic mass is 16.2. The van der Waals surface area contributed by atoms with E-state index < -0.39 is 0 Å². The Morgan fingerprint density at radius 2 is 1.95 bits per heavy atom. The average Bonchev–Trinajstić information content (AvgIpc) is 2.93. The van der Waals surface area contributed by atoms with Gasteiger partial charge in [-0.15, -0.1) is 0 Å². The average molecular weight is 281 g/mol. The number of amides is 1. The van der Waals surface area contributed by atoms with Crippen molar-refractivity contribution in [3.05, 3.63) is 59.9 Å². The van der Waals surface area contributed by atoms with Gasteiger partial charge in [-0.3, -0.25) is 4.79 Å². The number of hydrogen-bond acceptors (Lipinski definition) is 1. The second kappa shape index (κ2) is 6.08. The number of fused-ring (bicyclic) bond motifs is 1. The van der Waals surface area contributed by atoms with Gasteiger partial charge in [-0.05, 0) is 30.0 Å². The van der Waals surface area contributed by atoms with Crippen molar-refractivity contribution in [3.63, 3.8) is 0 Å². The van der Waals surface area contributed by atoms with Crippen molar-refractivity contribution in [2.45, 2.75) is 32.7 Å². The first-order valence-electron chi connectivity index (χ1n) is 7.64. The van der Waals surface area contributed by atoms with Crippen LogP contribution in [-0.4, -0.2) is 12.5 Å². The van der Waals surface area contributed by atoms with Crippen LogP contribution in [0, 0.1) is 0 Å². The molecule has 1 aliphatic rings. The second-order valence-electron chi connectivity index (χ2n) is 5.55. The van der Waals surface area contributed by atoms with Crippen LogP contribution in [0.3, 0.4) is 0 Å². The fourth-order valence-electron chi connectivity index (χ4n) is 2.89. The number of aromatic nitrogens is 1. The number of carbonyl (C=O) groups is 1. The third kappa shape index (κ3) is 2.97. The summed E-state index contributed by atoms with van der Waals surface area (Å²) in [5.41, 5.74) is 3.67. The van der Waals surface area contributed by atoms with Gasteiger partial charge in [0.2, 0.25) is 6.54 Å². The molecule has 0 saturated heterocycles. The SMILES string of the molecule is CCCc1cc[n+](CC(=O)N2CCc3ccccc32)cc1. The number of pyridine rings is 1. The zero-order chi connectivity index (χ0) is 14.7. The minimum atomic E-state index is 0.160. The molecule has 0 bridgehead atoms. The molecule has 0 N–H and O–H groups in total. The van der Waals surface area contributed by atoms with Gasteiger partial charge in [0.15, 0.2) is 12.4 Å². The van der Waals surface area contributed by atoms with Crippen molar-refractivity contribution in [1.29, 1.82) is 0 Å². The maximum Gasteiger partial charge on any atom is 0.292 e. The zero-order valence-electron chi connectivity index (χ0n) is 12.5. The van der Waals surface area contributed by atoms with Crippen LogP contribution in [0.4, 0.5) is 5.69 Å². The van der Waals surface area contributed by atoms with Crippen molar-refractivity contribution in [2.75, 3.05) is 11.4 Å². The van der Waals surface area contributed by atoms with Gasteiger partial charge in [-0.1, -0.05) is 31.5 Å². The van der Waals surface area contributed by atoms with Gasteiger partial charge in [-0.25, -0.2) is 0 Å². The summed E-state index contributed by atoms with van der Waals surface area (Å²) in [4.78, 5) is 14.4. The highest BCUT2D eigenvalue weighted by Gasteiger charge is 2.26. The van der Waals surface area contributed by atoms with Gasteiger partial charge < -0.3 is 4.90 Å². The molecule has 1 aromatic heterocycles. The molecule has 1 aromatic carbocycles. The molecule has 0 spiro atoms. The molecule has 0 atom stereocenters. The number of para-hydroxylation sites is 1. The molecule has 0 fully saturated rings. The predicted molar refractivity (Wildman–Crippen MR) is 83.1 cm³/mol. The highest BCUT2D eigenvalue weighted by molar-refractivity contribution is 5.94. The van der Waals surface area contributed by atoms with E-state index in [-0.39, 0.29) is 5.91 Å². The summed E-state index contributed by atoms with van der Waals surface area (Å²) in [6, 6.07) is 12.4. The minimum Gasteiger partial charge on any atom is -0.306 e. The van der Waals surface area contributed by atoms with Crippen molar-refractivity contribution in [2.24, 2.45) is 0 Å². The Labute approximate surface area is 125 Å². The number of hydrogen-bond donors (Lipinski definition) is 0. The first kappa shape index (κ1) is 13.8. The summed E-state index contributed by atoms with van der Waals surface area (Å²) in [6.45, 7) is 3.38. The molecule has 1 amide bonds. The molecule has 1 aliphatic heterocycles. The first-order chi connectivity index (χ1) is 10.3. The molecule has 3 heteroatoms. The Morgan fingerprint density at radius 1 is 1.19 bits per heavy atom. The van der Waals surface area contributed by atoms with E-state index >= 15 is 0 Å². The normalized spacial score (nSPS) is 13.3. The van der Waals surface area contributed by atoms with Crippen molar-refractivity contribution in [1.82, 2.24) is 0 Å². The fourth-order valence-corrected chi connectivity index (χ4v) is 2.89. The fraction of sp³-hybridized carbons (Fsp3) is 0.333. The van der Waals surface area contributed by atoms with Crippen LogP contribution in [0.25, 0.3) is 0 Å². The van der Waals surface area contributed by atoms with Gasteiger partial charge in [0.1, 0.15) is 0 Å². The van der Waals surface area contributed by atoms with E-state index in [1.165, 1.54) is 11.1 Å². The van der Waals surface area contributed by atoms with Crippen LogP contribution in [-0.2, 0) is 24.2 Å². The largest absolute Gasteiger partial charge is 0.306 e. The molecule has 3 rings (SSSR count). The quantitative estimate of drug-likeness (QED) is 0.790. The maximum absolute atomic E-state index is 12.5. The number of aryl methyl sites for hydroxylation is 1. The molecule has 0 unspecified atom stereocenters. The Kier molecular flexibility index (Phi) is 4.00. The van der Waals surface area contributed by atoms with Crippen molar-refractivity contribution >= 4 is 11.6 Å². The molecule has 0 saturated carbocycles. The van der Waals surface area contributed by atoms with Gasteiger partial charge in [0, 0.05) is 24.4 Å². The molecule has 108 valence electrons. The Bertz CT molecular complexity index is 634. The highest BCUT2D eigenvalue weighted by Crippen LogP contribution is 2.27. The van der Waals surface area contributed by atoms with Crippen LogP contribution in [0.15, 0.2) is 48.8 Å². The number of nitrogens with zero attached hydrogens (tertiary/aromatic N) is 2. The lowest BCUT2D eigenvalue weighted by Crippen LogP contribution is -2.44. The van der Waals surface area contributed by atoms with E-state index in [0.717, 1.165) is 31.5 Å². The lowest BCUT2D eigenvalue weighted by Gasteiger charge is -2.15. The molecule has 2 heterocycles. The van der Waals surface area contributed by atoms with E-state index in [0.29, 0.717) is 6.54 Å². The second-order valence-corrected chi connectivity index (χ2v) is 5.55. The summed E-state index contributed by atoms with van der Waals surface area (Å²) < 4.78 is 1.96. The van der Waals surface area contributed by atoms with Crippen LogP contribution >= 0.6 is 0 Å². The number of carbonyl (C=O) groups excluding carboxylic acids is 1. The lowest BCUT2D eigenvalue weighted by atomic mass is 10.1. The van der Waals surface area contributed by atoms with E-state index in [4.69, 9.17) is 0 Å². The minimum absolute atomic E-state index is 0.160. The topological polar surface area (TPSA) is 24.2 Å². The summed E-state index contributed by atoms with van der Waals surface area (Å²) in [5, 5.41) is 0. The molecule has 0 aliphatic carbocycles. The van der Waals surface area contributed by atoms with Crippen molar-refractivity contribution < 1.29 is 9.36 Å². The Morgan fingerprint density at radius 3 is 2.71 bits per heavy atom. The van der Waals surface area contributed by atoms with E-state index in [9.17, 15) is 4.79 Å². The molecule has 3 nitrogen and oxygen atoms in total. The van der Waals surface area contributed by atoms with Crippen LogP contribution in [0.2, 0.25) is 0 Å².